The highest BCUT2D eigenvalue weighted by molar-refractivity contribution is 5.80. The molecular formula is C7H15N3O2. The number of nitrogens with two attached hydrogens (primary N) is 1. The summed E-state index contributed by atoms with van der Waals surface area (Å²) >= 11 is 0. The zero-order valence-corrected chi connectivity index (χ0v) is 7.23. The lowest BCUT2D eigenvalue weighted by Gasteiger charge is -2.32. The Kier molecular flexibility index (Phi) is 3.02. The number of aliphatic hydroxyl groups excluding tert-OH is 1. The molecule has 0 radical (unpaired) electrons. The fraction of sp³-hybridized carbons (Fsp3) is 0.857. The van der Waals surface area contributed by atoms with Gasteiger partial charge in [0, 0.05) is 26.2 Å². The lowest BCUT2D eigenvalue weighted by molar-refractivity contribution is -0.141. The molecule has 1 atom stereocenters. The van der Waals surface area contributed by atoms with Crippen LogP contribution in [0.25, 0.3) is 0 Å². The van der Waals surface area contributed by atoms with Crippen molar-refractivity contribution in [1.29, 1.82) is 0 Å². The molecule has 12 heavy (non-hydrogen) atoms. The van der Waals surface area contributed by atoms with Crippen molar-refractivity contribution in [3.63, 3.8) is 0 Å². The number of hydrogen-bond acceptors (Lipinski definition) is 4. The highest BCUT2D eigenvalue weighted by atomic mass is 16.3. The molecule has 5 heteroatoms. The van der Waals surface area contributed by atoms with E-state index in [2.05, 4.69) is 0 Å². The van der Waals surface area contributed by atoms with E-state index >= 15 is 0 Å². The van der Waals surface area contributed by atoms with Crippen LogP contribution in [-0.2, 0) is 4.79 Å². The first-order valence-electron chi connectivity index (χ1n) is 4.08. The standard InChI is InChI=1S/C7H15N3O2/c1-6(11)7(12)9-2-4-10(8)5-3-9/h6,11H,2-5,8H2,1H3/t6-/m0/s1. The Morgan fingerprint density at radius 2 is 1.92 bits per heavy atom. The van der Waals surface area contributed by atoms with Gasteiger partial charge in [-0.3, -0.25) is 10.6 Å². The van der Waals surface area contributed by atoms with E-state index in [-0.39, 0.29) is 5.91 Å². The molecule has 1 amide bonds. The molecular weight excluding hydrogens is 158 g/mol. The molecule has 1 aliphatic rings. The molecule has 1 saturated heterocycles. The molecule has 0 spiro atoms. The molecule has 5 nitrogen and oxygen atoms in total. The molecule has 3 N–H and O–H groups in total. The first-order valence-corrected chi connectivity index (χ1v) is 4.08. The maximum Gasteiger partial charge on any atom is 0.251 e. The predicted molar refractivity (Wildman–Crippen MR) is 44.0 cm³/mol. The third-order valence-electron chi connectivity index (χ3n) is 1.98. The van der Waals surface area contributed by atoms with Crippen LogP contribution in [0.4, 0.5) is 0 Å². The summed E-state index contributed by atoms with van der Waals surface area (Å²) in [7, 11) is 0. The summed E-state index contributed by atoms with van der Waals surface area (Å²) in [5, 5.41) is 10.7. The highest BCUT2D eigenvalue weighted by Gasteiger charge is 2.21. The first-order chi connectivity index (χ1) is 5.61. The van der Waals surface area contributed by atoms with Crippen molar-refractivity contribution in [3.05, 3.63) is 0 Å². The van der Waals surface area contributed by atoms with E-state index < -0.39 is 6.10 Å². The van der Waals surface area contributed by atoms with E-state index in [1.54, 1.807) is 9.91 Å². The fourth-order valence-corrected chi connectivity index (χ4v) is 1.21. The average Bonchev–Trinajstić information content (AvgIpc) is 2.04. The second kappa shape index (κ2) is 3.84. The predicted octanol–water partition coefficient (Wildman–Crippen LogP) is -1.61. The van der Waals surface area contributed by atoms with Gasteiger partial charge in [0.05, 0.1) is 0 Å². The van der Waals surface area contributed by atoms with Crippen LogP contribution in [0.1, 0.15) is 6.92 Å². The minimum atomic E-state index is -0.894. The normalized spacial score (nSPS) is 22.4. The molecule has 1 rings (SSSR count). The minimum absolute atomic E-state index is 0.205. The summed E-state index contributed by atoms with van der Waals surface area (Å²) < 4.78 is 0. The van der Waals surface area contributed by atoms with Gasteiger partial charge in [-0.1, -0.05) is 0 Å². The summed E-state index contributed by atoms with van der Waals surface area (Å²) in [5.41, 5.74) is 0. The van der Waals surface area contributed by atoms with Gasteiger partial charge in [-0.15, -0.1) is 0 Å². The second-order valence-electron chi connectivity index (χ2n) is 3.04. The van der Waals surface area contributed by atoms with Gasteiger partial charge in [0.25, 0.3) is 5.91 Å². The second-order valence-corrected chi connectivity index (χ2v) is 3.04. The van der Waals surface area contributed by atoms with Crippen LogP contribution in [0.5, 0.6) is 0 Å². The fourth-order valence-electron chi connectivity index (χ4n) is 1.21. The SMILES string of the molecule is C[C@H](O)C(=O)N1CCN(N)CC1. The summed E-state index contributed by atoms with van der Waals surface area (Å²) in [6, 6.07) is 0. The van der Waals surface area contributed by atoms with Gasteiger partial charge in [-0.25, -0.2) is 5.01 Å². The van der Waals surface area contributed by atoms with Gasteiger partial charge in [0.1, 0.15) is 6.10 Å². The number of rotatable bonds is 1. The molecule has 1 aliphatic heterocycles. The van der Waals surface area contributed by atoms with E-state index in [1.807, 2.05) is 0 Å². The third kappa shape index (κ3) is 2.17. The van der Waals surface area contributed by atoms with Crippen LogP contribution in [0.2, 0.25) is 0 Å². The summed E-state index contributed by atoms with van der Waals surface area (Å²) in [4.78, 5) is 12.9. The summed E-state index contributed by atoms with van der Waals surface area (Å²) in [5.74, 6) is 5.30. The van der Waals surface area contributed by atoms with Crippen LogP contribution < -0.4 is 5.84 Å². The molecule has 1 fully saturated rings. The highest BCUT2D eigenvalue weighted by Crippen LogP contribution is 2.00. The Bertz CT molecular complexity index is 164. The first kappa shape index (κ1) is 9.44. The number of piperazine rings is 1. The number of carbonyl (C=O) groups excluding carboxylic acids is 1. The smallest absolute Gasteiger partial charge is 0.251 e. The molecule has 0 aromatic heterocycles. The van der Waals surface area contributed by atoms with Crippen molar-refractivity contribution in [3.8, 4) is 0 Å². The molecule has 0 unspecified atom stereocenters. The maximum atomic E-state index is 11.2. The van der Waals surface area contributed by atoms with Crippen molar-refractivity contribution < 1.29 is 9.90 Å². The molecule has 0 aromatic rings. The summed E-state index contributed by atoms with van der Waals surface area (Å²) in [6.07, 6.45) is -0.894. The van der Waals surface area contributed by atoms with E-state index in [4.69, 9.17) is 10.9 Å². The molecule has 70 valence electrons. The number of carbonyl (C=O) groups is 1. The zero-order chi connectivity index (χ0) is 9.14. The van der Waals surface area contributed by atoms with Crippen molar-refractivity contribution >= 4 is 5.91 Å². The number of amides is 1. The number of hydrazine groups is 1. The van der Waals surface area contributed by atoms with Gasteiger partial charge in [0.2, 0.25) is 0 Å². The Labute approximate surface area is 71.7 Å². The van der Waals surface area contributed by atoms with Gasteiger partial charge in [0.15, 0.2) is 0 Å². The molecule has 0 aromatic carbocycles. The largest absolute Gasteiger partial charge is 0.384 e. The van der Waals surface area contributed by atoms with E-state index in [9.17, 15) is 4.79 Å². The van der Waals surface area contributed by atoms with Crippen LogP contribution in [0.15, 0.2) is 0 Å². The Morgan fingerprint density at radius 1 is 1.42 bits per heavy atom. The van der Waals surface area contributed by atoms with Crippen molar-refractivity contribution in [2.45, 2.75) is 13.0 Å². The average molecular weight is 173 g/mol. The van der Waals surface area contributed by atoms with Crippen molar-refractivity contribution in [2.75, 3.05) is 26.2 Å². The maximum absolute atomic E-state index is 11.2. The topological polar surface area (TPSA) is 69.8 Å². The van der Waals surface area contributed by atoms with Crippen molar-refractivity contribution in [1.82, 2.24) is 9.91 Å². The molecule has 0 saturated carbocycles. The van der Waals surface area contributed by atoms with Crippen LogP contribution in [0, 0.1) is 0 Å². The van der Waals surface area contributed by atoms with E-state index in [1.165, 1.54) is 6.92 Å². The van der Waals surface area contributed by atoms with Gasteiger partial charge in [-0.2, -0.15) is 0 Å². The van der Waals surface area contributed by atoms with Gasteiger partial charge in [-0.05, 0) is 6.92 Å². The Morgan fingerprint density at radius 3 is 2.33 bits per heavy atom. The Hall–Kier alpha value is -0.650. The molecule has 0 aliphatic carbocycles. The quantitative estimate of drug-likeness (QED) is 0.468. The lowest BCUT2D eigenvalue weighted by atomic mass is 10.3. The van der Waals surface area contributed by atoms with E-state index in [0.29, 0.717) is 26.2 Å². The van der Waals surface area contributed by atoms with Gasteiger partial charge >= 0.3 is 0 Å². The third-order valence-corrected chi connectivity index (χ3v) is 1.98. The van der Waals surface area contributed by atoms with Crippen LogP contribution >= 0.6 is 0 Å². The number of hydrogen-bond donors (Lipinski definition) is 2. The number of aliphatic hydroxyl groups is 1. The van der Waals surface area contributed by atoms with E-state index in [0.717, 1.165) is 0 Å². The lowest BCUT2D eigenvalue weighted by Crippen LogP contribution is -2.53. The van der Waals surface area contributed by atoms with Crippen LogP contribution in [0.3, 0.4) is 0 Å². The monoisotopic (exact) mass is 173 g/mol. The number of nitrogens with zero attached hydrogens (tertiary/aromatic N) is 2. The van der Waals surface area contributed by atoms with Crippen LogP contribution in [-0.4, -0.2) is 53.2 Å². The van der Waals surface area contributed by atoms with Crippen molar-refractivity contribution in [2.24, 2.45) is 5.84 Å². The van der Waals surface area contributed by atoms with Gasteiger partial charge < -0.3 is 10.0 Å². The zero-order valence-electron chi connectivity index (χ0n) is 7.23. The molecule has 1 heterocycles. The molecule has 0 bridgehead atoms. The minimum Gasteiger partial charge on any atom is -0.384 e. The Balaban J connectivity index is 2.39. The summed E-state index contributed by atoms with van der Waals surface area (Å²) in [6.45, 7) is 4.06.